The van der Waals surface area contributed by atoms with Crippen LogP contribution < -0.4 is 5.32 Å². The summed E-state index contributed by atoms with van der Waals surface area (Å²) in [5.41, 5.74) is -0.504. The summed E-state index contributed by atoms with van der Waals surface area (Å²) in [4.78, 5) is 15.4. The highest BCUT2D eigenvalue weighted by molar-refractivity contribution is 5.84. The predicted molar refractivity (Wildman–Crippen MR) is 90.6 cm³/mol. The number of carbonyl (C=O) groups is 1. The number of ether oxygens (including phenoxy) is 1. The van der Waals surface area contributed by atoms with Crippen LogP contribution in [0.3, 0.4) is 0 Å². The van der Waals surface area contributed by atoms with Crippen molar-refractivity contribution < 1.29 is 9.53 Å². The third kappa shape index (κ3) is 3.22. The van der Waals surface area contributed by atoms with E-state index >= 15 is 0 Å². The SMILES string of the molecule is O=C(N1CCC(OCC2CC2)CC1)C1(n2cccn2)CCNCC1. The summed E-state index contributed by atoms with van der Waals surface area (Å²) < 4.78 is 7.91. The summed E-state index contributed by atoms with van der Waals surface area (Å²) in [6.45, 7) is 4.27. The van der Waals surface area contributed by atoms with E-state index in [0.717, 1.165) is 64.4 Å². The summed E-state index contributed by atoms with van der Waals surface area (Å²) in [7, 11) is 0. The van der Waals surface area contributed by atoms with Crippen LogP contribution in [0, 0.1) is 5.92 Å². The fourth-order valence-corrected chi connectivity index (χ4v) is 3.98. The van der Waals surface area contributed by atoms with Crippen LogP contribution in [0.5, 0.6) is 0 Å². The second-order valence-corrected chi connectivity index (χ2v) is 7.50. The molecule has 1 aliphatic carbocycles. The predicted octanol–water partition coefficient (Wildman–Crippen LogP) is 1.38. The quantitative estimate of drug-likeness (QED) is 0.885. The van der Waals surface area contributed by atoms with Crippen LogP contribution in [0.15, 0.2) is 18.5 Å². The third-order valence-electron chi connectivity index (χ3n) is 5.77. The van der Waals surface area contributed by atoms with Gasteiger partial charge in [0.25, 0.3) is 5.91 Å². The molecule has 1 aromatic heterocycles. The summed E-state index contributed by atoms with van der Waals surface area (Å²) in [5, 5.41) is 7.78. The van der Waals surface area contributed by atoms with Crippen molar-refractivity contribution in [2.75, 3.05) is 32.8 Å². The molecule has 0 spiro atoms. The molecule has 0 radical (unpaired) electrons. The molecule has 3 fully saturated rings. The third-order valence-corrected chi connectivity index (χ3v) is 5.77. The molecule has 3 heterocycles. The number of nitrogens with zero attached hydrogens (tertiary/aromatic N) is 3. The molecular formula is C18H28N4O2. The van der Waals surface area contributed by atoms with Gasteiger partial charge in [-0.25, -0.2) is 0 Å². The molecule has 0 atom stereocenters. The Morgan fingerprint density at radius 3 is 2.58 bits per heavy atom. The van der Waals surface area contributed by atoms with Crippen molar-refractivity contribution in [3.8, 4) is 0 Å². The summed E-state index contributed by atoms with van der Waals surface area (Å²) in [6, 6.07) is 1.91. The number of piperidine rings is 2. The van der Waals surface area contributed by atoms with Gasteiger partial charge >= 0.3 is 0 Å². The summed E-state index contributed by atoms with van der Waals surface area (Å²) in [6.07, 6.45) is 10.3. The first-order valence-electron chi connectivity index (χ1n) is 9.40. The van der Waals surface area contributed by atoms with Crippen molar-refractivity contribution in [3.63, 3.8) is 0 Å². The molecule has 4 rings (SSSR count). The number of likely N-dealkylation sites (tertiary alicyclic amines) is 1. The highest BCUT2D eigenvalue weighted by atomic mass is 16.5. The Morgan fingerprint density at radius 1 is 1.21 bits per heavy atom. The van der Waals surface area contributed by atoms with Gasteiger partial charge in [0.1, 0.15) is 5.54 Å². The van der Waals surface area contributed by atoms with Gasteiger partial charge in [-0.3, -0.25) is 9.48 Å². The molecule has 3 aliphatic rings. The molecule has 1 aromatic rings. The summed E-state index contributed by atoms with van der Waals surface area (Å²) >= 11 is 0. The zero-order valence-electron chi connectivity index (χ0n) is 14.3. The van der Waals surface area contributed by atoms with E-state index in [1.165, 1.54) is 12.8 Å². The minimum Gasteiger partial charge on any atom is -0.378 e. The maximum absolute atomic E-state index is 13.4. The van der Waals surface area contributed by atoms with Crippen LogP contribution >= 0.6 is 0 Å². The van der Waals surface area contributed by atoms with Crippen molar-refractivity contribution in [3.05, 3.63) is 18.5 Å². The fraction of sp³-hybridized carbons (Fsp3) is 0.778. The molecule has 0 unspecified atom stereocenters. The Hall–Kier alpha value is -1.40. The second kappa shape index (κ2) is 6.84. The lowest BCUT2D eigenvalue weighted by Gasteiger charge is -2.42. The van der Waals surface area contributed by atoms with Crippen molar-refractivity contribution in [1.29, 1.82) is 0 Å². The number of hydrogen-bond acceptors (Lipinski definition) is 4. The molecule has 132 valence electrons. The molecule has 6 nitrogen and oxygen atoms in total. The van der Waals surface area contributed by atoms with E-state index < -0.39 is 5.54 Å². The van der Waals surface area contributed by atoms with Crippen molar-refractivity contribution in [2.24, 2.45) is 5.92 Å². The monoisotopic (exact) mass is 332 g/mol. The Labute approximate surface area is 143 Å². The van der Waals surface area contributed by atoms with Crippen LogP contribution in [0.4, 0.5) is 0 Å². The molecule has 2 aliphatic heterocycles. The Bertz CT molecular complexity index is 541. The maximum atomic E-state index is 13.4. The van der Waals surface area contributed by atoms with E-state index in [1.54, 1.807) is 6.20 Å². The van der Waals surface area contributed by atoms with E-state index in [4.69, 9.17) is 4.74 Å². The molecule has 6 heteroatoms. The van der Waals surface area contributed by atoms with E-state index in [2.05, 4.69) is 10.4 Å². The molecule has 1 saturated carbocycles. The Balaban J connectivity index is 1.40. The van der Waals surface area contributed by atoms with E-state index in [9.17, 15) is 4.79 Å². The van der Waals surface area contributed by atoms with Crippen LogP contribution in [0.2, 0.25) is 0 Å². The lowest BCUT2D eigenvalue weighted by atomic mass is 9.86. The van der Waals surface area contributed by atoms with Gasteiger partial charge < -0.3 is 15.0 Å². The highest BCUT2D eigenvalue weighted by Crippen LogP contribution is 2.32. The van der Waals surface area contributed by atoms with Crippen molar-refractivity contribution in [2.45, 2.75) is 50.2 Å². The molecule has 1 N–H and O–H groups in total. The van der Waals surface area contributed by atoms with Gasteiger partial charge in [0.05, 0.1) is 6.10 Å². The molecule has 2 saturated heterocycles. The first-order valence-corrected chi connectivity index (χ1v) is 9.40. The average Bonchev–Trinajstić information content (AvgIpc) is 3.30. The lowest BCUT2D eigenvalue weighted by molar-refractivity contribution is -0.146. The van der Waals surface area contributed by atoms with Gasteiger partial charge in [-0.15, -0.1) is 0 Å². The number of amides is 1. The topological polar surface area (TPSA) is 59.4 Å². The molecule has 24 heavy (non-hydrogen) atoms. The Morgan fingerprint density at radius 2 is 1.96 bits per heavy atom. The van der Waals surface area contributed by atoms with E-state index in [-0.39, 0.29) is 5.91 Å². The van der Waals surface area contributed by atoms with Gasteiger partial charge in [0, 0.05) is 32.1 Å². The highest BCUT2D eigenvalue weighted by Gasteiger charge is 2.45. The van der Waals surface area contributed by atoms with Crippen LogP contribution in [0.25, 0.3) is 0 Å². The number of aromatic nitrogens is 2. The van der Waals surface area contributed by atoms with Crippen LogP contribution in [-0.4, -0.2) is 59.5 Å². The number of hydrogen-bond donors (Lipinski definition) is 1. The fourth-order valence-electron chi connectivity index (χ4n) is 3.98. The first kappa shape index (κ1) is 16.1. The number of nitrogens with one attached hydrogen (secondary N) is 1. The molecule has 1 amide bonds. The van der Waals surface area contributed by atoms with Gasteiger partial charge in [0.2, 0.25) is 0 Å². The largest absolute Gasteiger partial charge is 0.378 e. The molecule has 0 aromatic carbocycles. The van der Waals surface area contributed by atoms with Crippen LogP contribution in [-0.2, 0) is 15.1 Å². The van der Waals surface area contributed by atoms with Gasteiger partial charge in [-0.05, 0) is 63.6 Å². The molecule has 0 bridgehead atoms. The zero-order valence-corrected chi connectivity index (χ0v) is 14.3. The van der Waals surface area contributed by atoms with Crippen molar-refractivity contribution >= 4 is 5.91 Å². The van der Waals surface area contributed by atoms with Gasteiger partial charge in [0.15, 0.2) is 0 Å². The van der Waals surface area contributed by atoms with Crippen LogP contribution in [0.1, 0.15) is 38.5 Å². The van der Waals surface area contributed by atoms with Gasteiger partial charge in [-0.2, -0.15) is 5.10 Å². The minimum atomic E-state index is -0.504. The average molecular weight is 332 g/mol. The normalized spacial score (nSPS) is 24.9. The van der Waals surface area contributed by atoms with Crippen molar-refractivity contribution in [1.82, 2.24) is 20.0 Å². The maximum Gasteiger partial charge on any atom is 0.250 e. The van der Waals surface area contributed by atoms with E-state index in [0.29, 0.717) is 6.10 Å². The van der Waals surface area contributed by atoms with E-state index in [1.807, 2.05) is 21.8 Å². The molecular weight excluding hydrogens is 304 g/mol. The van der Waals surface area contributed by atoms with Gasteiger partial charge in [-0.1, -0.05) is 0 Å². The Kier molecular flexibility index (Phi) is 4.59. The smallest absolute Gasteiger partial charge is 0.250 e. The lowest BCUT2D eigenvalue weighted by Crippen LogP contribution is -2.57. The summed E-state index contributed by atoms with van der Waals surface area (Å²) in [5.74, 6) is 1.05. The zero-order chi connectivity index (χ0) is 16.4. The number of carbonyl (C=O) groups excluding carboxylic acids is 1. The first-order chi connectivity index (χ1) is 11.8. The standard InChI is InChI=1S/C18H28N4O2/c23-17(18(6-9-19-10-7-18)22-11-1-8-20-22)21-12-4-16(5-13-21)24-14-15-2-3-15/h1,8,11,15-16,19H,2-7,9-10,12-14H2. The number of rotatable bonds is 5. The minimum absolute atomic E-state index is 0.244. The second-order valence-electron chi connectivity index (χ2n) is 7.50.